The second kappa shape index (κ2) is 6.60. The van der Waals surface area contributed by atoms with Crippen molar-refractivity contribution in [3.63, 3.8) is 0 Å². The Hall–Kier alpha value is 0.230. The summed E-state index contributed by atoms with van der Waals surface area (Å²) >= 11 is 23.4. The average molecular weight is 386 g/mol. The molecule has 0 aliphatic carbocycles. The summed E-state index contributed by atoms with van der Waals surface area (Å²) in [6.07, 6.45) is 0. The van der Waals surface area contributed by atoms with Crippen LogP contribution in [0.3, 0.4) is 0 Å². The van der Waals surface area contributed by atoms with Crippen LogP contribution in [-0.4, -0.2) is 0 Å². The minimum Gasteiger partial charge on any atom is -0.308 e. The number of benzene rings is 1. The highest BCUT2D eigenvalue weighted by atomic mass is 79.9. The molecule has 1 aromatic carbocycles. The molecule has 0 unspecified atom stereocenters. The van der Waals surface area contributed by atoms with Crippen molar-refractivity contribution in [1.29, 1.82) is 0 Å². The molecule has 96 valence electrons. The standard InChI is InChI=1S/C12H9BrCl3NS/c13-8-3-4-18-11(8)6-17-5-7-9(14)1-2-10(15)12(7)16/h1-4,17H,5-6H2. The molecule has 1 aromatic heterocycles. The van der Waals surface area contributed by atoms with E-state index in [0.717, 1.165) is 16.6 Å². The molecule has 0 bridgehead atoms. The molecule has 0 fully saturated rings. The average Bonchev–Trinajstić information content (AvgIpc) is 2.74. The lowest BCUT2D eigenvalue weighted by Gasteiger charge is -2.09. The molecule has 0 saturated carbocycles. The molecular formula is C12H9BrCl3NS. The zero-order valence-electron chi connectivity index (χ0n) is 9.14. The number of hydrogen-bond donors (Lipinski definition) is 1. The summed E-state index contributed by atoms with van der Waals surface area (Å²) in [5.74, 6) is 0. The summed E-state index contributed by atoms with van der Waals surface area (Å²) in [5, 5.41) is 7.01. The molecule has 0 aliphatic rings. The lowest BCUT2D eigenvalue weighted by molar-refractivity contribution is 0.700. The van der Waals surface area contributed by atoms with E-state index >= 15 is 0 Å². The molecule has 2 aromatic rings. The van der Waals surface area contributed by atoms with Crippen LogP contribution >= 0.6 is 62.1 Å². The molecule has 0 amide bonds. The van der Waals surface area contributed by atoms with Gasteiger partial charge in [0.2, 0.25) is 0 Å². The van der Waals surface area contributed by atoms with Crippen LogP contribution in [-0.2, 0) is 13.1 Å². The van der Waals surface area contributed by atoms with Crippen molar-refractivity contribution in [3.05, 3.63) is 53.6 Å². The van der Waals surface area contributed by atoms with Crippen LogP contribution in [0.5, 0.6) is 0 Å². The molecule has 0 radical (unpaired) electrons. The topological polar surface area (TPSA) is 12.0 Å². The van der Waals surface area contributed by atoms with Gasteiger partial charge in [-0.3, -0.25) is 0 Å². The van der Waals surface area contributed by atoms with Crippen molar-refractivity contribution in [2.75, 3.05) is 0 Å². The van der Waals surface area contributed by atoms with Crippen molar-refractivity contribution in [2.24, 2.45) is 0 Å². The number of thiophene rings is 1. The number of rotatable bonds is 4. The van der Waals surface area contributed by atoms with Crippen LogP contribution in [0.15, 0.2) is 28.1 Å². The smallest absolute Gasteiger partial charge is 0.0652 e. The zero-order valence-corrected chi connectivity index (χ0v) is 13.8. The van der Waals surface area contributed by atoms with Gasteiger partial charge in [-0.2, -0.15) is 0 Å². The number of hydrogen-bond acceptors (Lipinski definition) is 2. The molecule has 6 heteroatoms. The van der Waals surface area contributed by atoms with Gasteiger partial charge in [-0.15, -0.1) is 11.3 Å². The molecular weight excluding hydrogens is 376 g/mol. The third-order valence-electron chi connectivity index (χ3n) is 2.42. The van der Waals surface area contributed by atoms with Gasteiger partial charge in [0.05, 0.1) is 10.0 Å². The molecule has 1 nitrogen and oxygen atoms in total. The number of nitrogens with one attached hydrogen (secondary N) is 1. The Morgan fingerprint density at radius 1 is 1.06 bits per heavy atom. The van der Waals surface area contributed by atoms with Crippen molar-refractivity contribution in [2.45, 2.75) is 13.1 Å². The largest absolute Gasteiger partial charge is 0.308 e. The Morgan fingerprint density at radius 2 is 1.78 bits per heavy atom. The van der Waals surface area contributed by atoms with E-state index in [1.807, 2.05) is 11.4 Å². The minimum atomic E-state index is 0.516. The maximum Gasteiger partial charge on any atom is 0.0652 e. The summed E-state index contributed by atoms with van der Waals surface area (Å²) in [5.41, 5.74) is 0.832. The maximum absolute atomic E-state index is 6.13. The van der Waals surface area contributed by atoms with Gasteiger partial charge >= 0.3 is 0 Å². The van der Waals surface area contributed by atoms with Crippen LogP contribution in [0.2, 0.25) is 15.1 Å². The van der Waals surface area contributed by atoms with Gasteiger partial charge in [0.1, 0.15) is 0 Å². The van der Waals surface area contributed by atoms with Crippen molar-refractivity contribution < 1.29 is 0 Å². The summed E-state index contributed by atoms with van der Waals surface area (Å²) in [6.45, 7) is 1.35. The Bertz CT molecular complexity index is 556. The third kappa shape index (κ3) is 3.41. The SMILES string of the molecule is Clc1ccc(Cl)c(CNCc2sccc2Br)c1Cl. The summed E-state index contributed by atoms with van der Waals surface area (Å²) < 4.78 is 1.11. The highest BCUT2D eigenvalue weighted by molar-refractivity contribution is 9.10. The predicted molar refractivity (Wildman–Crippen MR) is 84.0 cm³/mol. The molecule has 0 aliphatic heterocycles. The van der Waals surface area contributed by atoms with E-state index in [2.05, 4.69) is 21.2 Å². The molecule has 0 atom stereocenters. The molecule has 2 rings (SSSR count). The van der Waals surface area contributed by atoms with E-state index in [4.69, 9.17) is 34.8 Å². The quantitative estimate of drug-likeness (QED) is 0.660. The maximum atomic E-state index is 6.13. The Morgan fingerprint density at radius 3 is 2.44 bits per heavy atom. The summed E-state index contributed by atoms with van der Waals surface area (Å²) in [7, 11) is 0. The lowest BCUT2D eigenvalue weighted by atomic mass is 10.2. The molecule has 18 heavy (non-hydrogen) atoms. The highest BCUT2D eigenvalue weighted by Gasteiger charge is 2.09. The van der Waals surface area contributed by atoms with E-state index in [1.54, 1.807) is 23.5 Å². The Labute approximate surface area is 133 Å². The van der Waals surface area contributed by atoms with Crippen molar-refractivity contribution >= 4 is 62.1 Å². The van der Waals surface area contributed by atoms with Gasteiger partial charge in [-0.1, -0.05) is 34.8 Å². The monoisotopic (exact) mass is 383 g/mol. The Balaban J connectivity index is 2.03. The zero-order chi connectivity index (χ0) is 13.1. The first-order valence-electron chi connectivity index (χ1n) is 5.14. The van der Waals surface area contributed by atoms with E-state index in [0.29, 0.717) is 21.6 Å². The molecule has 0 spiro atoms. The van der Waals surface area contributed by atoms with E-state index in [9.17, 15) is 0 Å². The lowest BCUT2D eigenvalue weighted by Crippen LogP contribution is -2.12. The van der Waals surface area contributed by atoms with Crippen LogP contribution in [0.25, 0.3) is 0 Å². The highest BCUT2D eigenvalue weighted by Crippen LogP contribution is 2.31. The minimum absolute atomic E-state index is 0.516. The van der Waals surface area contributed by atoms with Crippen LogP contribution in [0.1, 0.15) is 10.4 Å². The first-order chi connectivity index (χ1) is 8.59. The molecule has 0 saturated heterocycles. The van der Waals surface area contributed by atoms with Gasteiger partial charge in [0.25, 0.3) is 0 Å². The summed E-state index contributed by atoms with van der Waals surface area (Å²) in [6, 6.07) is 5.49. The summed E-state index contributed by atoms with van der Waals surface area (Å²) in [4.78, 5) is 1.24. The van der Waals surface area contributed by atoms with Crippen LogP contribution < -0.4 is 5.32 Å². The fourth-order valence-electron chi connectivity index (χ4n) is 1.48. The number of halogens is 4. The fraction of sp³-hybridized carbons (Fsp3) is 0.167. The van der Waals surface area contributed by atoms with Gasteiger partial charge < -0.3 is 5.32 Å². The van der Waals surface area contributed by atoms with Crippen LogP contribution in [0.4, 0.5) is 0 Å². The predicted octanol–water partition coefficient (Wildman–Crippen LogP) is 5.76. The fourth-order valence-corrected chi connectivity index (χ4v) is 3.63. The van der Waals surface area contributed by atoms with E-state index < -0.39 is 0 Å². The van der Waals surface area contributed by atoms with Crippen LogP contribution in [0, 0.1) is 0 Å². The normalized spacial score (nSPS) is 10.9. The van der Waals surface area contributed by atoms with Crippen molar-refractivity contribution in [3.8, 4) is 0 Å². The first-order valence-corrected chi connectivity index (χ1v) is 7.95. The third-order valence-corrected chi connectivity index (χ3v) is 5.54. The Kier molecular flexibility index (Phi) is 5.36. The van der Waals surface area contributed by atoms with Gasteiger partial charge in [-0.25, -0.2) is 0 Å². The second-order valence-corrected chi connectivity index (χ2v) is 6.66. The van der Waals surface area contributed by atoms with E-state index in [-0.39, 0.29) is 0 Å². The van der Waals surface area contributed by atoms with Crippen molar-refractivity contribution in [1.82, 2.24) is 5.32 Å². The van der Waals surface area contributed by atoms with Gasteiger partial charge in [0.15, 0.2) is 0 Å². The second-order valence-electron chi connectivity index (χ2n) is 3.62. The van der Waals surface area contributed by atoms with Gasteiger partial charge in [-0.05, 0) is 39.5 Å². The first kappa shape index (κ1) is 14.6. The molecule has 1 N–H and O–H groups in total. The molecule has 1 heterocycles. The van der Waals surface area contributed by atoms with E-state index in [1.165, 1.54) is 4.88 Å². The van der Waals surface area contributed by atoms with Gasteiger partial charge in [0, 0.05) is 33.0 Å².